The van der Waals surface area contributed by atoms with Crippen LogP contribution in [0.25, 0.3) is 0 Å². The van der Waals surface area contributed by atoms with Gasteiger partial charge >= 0.3 is 11.7 Å². The molecule has 1 aromatic heterocycles. The number of aromatic nitrogens is 3. The molecule has 3 N–H and O–H groups in total. The summed E-state index contributed by atoms with van der Waals surface area (Å²) in [6.07, 6.45) is 0. The van der Waals surface area contributed by atoms with Gasteiger partial charge in [0.25, 0.3) is 5.56 Å². The van der Waals surface area contributed by atoms with E-state index in [0.717, 1.165) is 11.8 Å². The first-order valence-electron chi connectivity index (χ1n) is 5.21. The zero-order valence-electron chi connectivity index (χ0n) is 9.54. The second-order valence-electron chi connectivity index (χ2n) is 3.56. The van der Waals surface area contributed by atoms with E-state index < -0.39 is 17.2 Å². The van der Waals surface area contributed by atoms with Gasteiger partial charge in [-0.05, 0) is 11.6 Å². The molecule has 0 saturated carbocycles. The summed E-state index contributed by atoms with van der Waals surface area (Å²) in [7, 11) is 0. The Morgan fingerprint density at radius 3 is 2.74 bits per heavy atom. The van der Waals surface area contributed by atoms with E-state index >= 15 is 0 Å². The fourth-order valence-electron chi connectivity index (χ4n) is 1.44. The molecule has 0 aliphatic carbocycles. The second kappa shape index (κ2) is 5.53. The van der Waals surface area contributed by atoms with Crippen molar-refractivity contribution in [2.75, 3.05) is 0 Å². The van der Waals surface area contributed by atoms with Crippen LogP contribution in [-0.2, 0) is 5.75 Å². The first-order chi connectivity index (χ1) is 9.08. The minimum Gasteiger partial charge on any atom is -0.478 e. The number of hydrogen-bond acceptors (Lipinski definition) is 5. The summed E-state index contributed by atoms with van der Waals surface area (Å²) in [5.41, 5.74) is -0.523. The first-order valence-corrected chi connectivity index (χ1v) is 6.19. The van der Waals surface area contributed by atoms with Crippen LogP contribution in [0, 0.1) is 0 Å². The monoisotopic (exact) mass is 279 g/mol. The van der Waals surface area contributed by atoms with Gasteiger partial charge < -0.3 is 5.11 Å². The standard InChI is InChI=1S/C11H9N3O4S/c15-8-9(13-14-11(18)12-8)19-5-6-3-1-2-4-7(6)10(16)17/h1-4H,5H2,(H,16,17)(H2,12,14,15,18). The Hall–Kier alpha value is -2.35. The van der Waals surface area contributed by atoms with Gasteiger partial charge in [-0.3, -0.25) is 9.78 Å². The van der Waals surface area contributed by atoms with Gasteiger partial charge in [0, 0.05) is 5.75 Å². The Labute approximate surface area is 110 Å². The number of benzene rings is 1. The number of hydrogen-bond donors (Lipinski definition) is 3. The van der Waals surface area contributed by atoms with Crippen molar-refractivity contribution < 1.29 is 9.90 Å². The minimum atomic E-state index is -1.03. The van der Waals surface area contributed by atoms with Gasteiger partial charge in [-0.25, -0.2) is 14.7 Å². The Kier molecular flexibility index (Phi) is 3.81. The number of carboxylic acid groups (broad SMARTS) is 1. The lowest BCUT2D eigenvalue weighted by Crippen LogP contribution is -2.25. The number of carboxylic acids is 1. The summed E-state index contributed by atoms with van der Waals surface area (Å²) in [5, 5.41) is 14.8. The Bertz CT molecular complexity index is 722. The zero-order valence-corrected chi connectivity index (χ0v) is 10.4. The maximum Gasteiger partial charge on any atom is 0.342 e. The second-order valence-corrected chi connectivity index (χ2v) is 4.53. The van der Waals surface area contributed by atoms with Crippen molar-refractivity contribution in [3.05, 3.63) is 56.2 Å². The number of H-pyrrole nitrogens is 2. The number of nitrogens with zero attached hydrogens (tertiary/aromatic N) is 1. The number of nitrogens with one attached hydrogen (secondary N) is 2. The van der Waals surface area contributed by atoms with Gasteiger partial charge in [-0.1, -0.05) is 30.0 Å². The lowest BCUT2D eigenvalue weighted by Gasteiger charge is -2.04. The van der Waals surface area contributed by atoms with Crippen molar-refractivity contribution in [1.29, 1.82) is 0 Å². The number of thioether (sulfide) groups is 1. The van der Waals surface area contributed by atoms with Crippen molar-refractivity contribution in [2.45, 2.75) is 10.8 Å². The van der Waals surface area contributed by atoms with Gasteiger partial charge in [0.1, 0.15) is 0 Å². The summed E-state index contributed by atoms with van der Waals surface area (Å²) in [6.45, 7) is 0. The lowest BCUT2D eigenvalue weighted by atomic mass is 10.1. The molecule has 0 atom stereocenters. The lowest BCUT2D eigenvalue weighted by molar-refractivity contribution is 0.0696. The van der Waals surface area contributed by atoms with Crippen LogP contribution in [0.2, 0.25) is 0 Å². The van der Waals surface area contributed by atoms with E-state index in [-0.39, 0.29) is 16.3 Å². The van der Waals surface area contributed by atoms with E-state index in [4.69, 9.17) is 5.11 Å². The molecule has 0 fully saturated rings. The quantitative estimate of drug-likeness (QED) is 0.700. The maximum absolute atomic E-state index is 11.4. The Morgan fingerprint density at radius 1 is 1.32 bits per heavy atom. The van der Waals surface area contributed by atoms with Gasteiger partial charge in [-0.15, -0.1) is 0 Å². The normalized spacial score (nSPS) is 10.3. The summed E-state index contributed by atoms with van der Waals surface area (Å²) in [4.78, 5) is 35.3. The third-order valence-electron chi connectivity index (χ3n) is 2.29. The van der Waals surface area contributed by atoms with Crippen LogP contribution < -0.4 is 11.2 Å². The highest BCUT2D eigenvalue weighted by atomic mass is 32.2. The van der Waals surface area contributed by atoms with Crippen LogP contribution in [0.3, 0.4) is 0 Å². The number of aromatic amines is 2. The number of carbonyl (C=O) groups is 1. The number of rotatable bonds is 4. The third kappa shape index (κ3) is 3.10. The molecule has 98 valence electrons. The molecule has 0 radical (unpaired) electrons. The van der Waals surface area contributed by atoms with Crippen molar-refractivity contribution >= 4 is 17.7 Å². The summed E-state index contributed by atoms with van der Waals surface area (Å²) >= 11 is 1.05. The van der Waals surface area contributed by atoms with Gasteiger partial charge in [-0.2, -0.15) is 5.10 Å². The van der Waals surface area contributed by atoms with Crippen LogP contribution in [-0.4, -0.2) is 26.3 Å². The molecule has 1 heterocycles. The number of aromatic carboxylic acids is 1. The molecule has 2 aromatic rings. The molecule has 0 aliphatic heterocycles. The Morgan fingerprint density at radius 2 is 2.05 bits per heavy atom. The highest BCUT2D eigenvalue weighted by Crippen LogP contribution is 2.19. The summed E-state index contributed by atoms with van der Waals surface area (Å²) < 4.78 is 0. The largest absolute Gasteiger partial charge is 0.478 e. The van der Waals surface area contributed by atoms with Crippen molar-refractivity contribution in [3.63, 3.8) is 0 Å². The Balaban J connectivity index is 2.21. The van der Waals surface area contributed by atoms with E-state index in [9.17, 15) is 14.4 Å². The van der Waals surface area contributed by atoms with E-state index in [1.807, 2.05) is 4.98 Å². The molecule has 0 saturated heterocycles. The molecule has 1 aromatic carbocycles. The van der Waals surface area contributed by atoms with Crippen LogP contribution in [0.4, 0.5) is 0 Å². The van der Waals surface area contributed by atoms with Crippen LogP contribution in [0.5, 0.6) is 0 Å². The van der Waals surface area contributed by atoms with Crippen molar-refractivity contribution in [3.8, 4) is 0 Å². The average molecular weight is 279 g/mol. The van der Waals surface area contributed by atoms with E-state index in [2.05, 4.69) is 10.2 Å². The van der Waals surface area contributed by atoms with E-state index in [1.165, 1.54) is 6.07 Å². The van der Waals surface area contributed by atoms with Gasteiger partial charge in [0.15, 0.2) is 5.03 Å². The van der Waals surface area contributed by atoms with Crippen LogP contribution in [0.1, 0.15) is 15.9 Å². The maximum atomic E-state index is 11.4. The molecule has 7 nitrogen and oxygen atoms in total. The zero-order chi connectivity index (χ0) is 13.8. The molecule has 8 heteroatoms. The average Bonchev–Trinajstić information content (AvgIpc) is 2.38. The van der Waals surface area contributed by atoms with Crippen LogP contribution >= 0.6 is 11.8 Å². The third-order valence-corrected chi connectivity index (χ3v) is 3.30. The SMILES string of the molecule is O=C(O)c1ccccc1CSc1n[nH]c(=O)[nH]c1=O. The molecule has 0 spiro atoms. The van der Waals surface area contributed by atoms with Gasteiger partial charge in [0.05, 0.1) is 5.56 Å². The van der Waals surface area contributed by atoms with Gasteiger partial charge in [0.2, 0.25) is 0 Å². The highest BCUT2D eigenvalue weighted by molar-refractivity contribution is 7.98. The smallest absolute Gasteiger partial charge is 0.342 e. The van der Waals surface area contributed by atoms with E-state index in [1.54, 1.807) is 18.2 Å². The fourth-order valence-corrected chi connectivity index (χ4v) is 2.27. The van der Waals surface area contributed by atoms with Crippen LogP contribution in [0.15, 0.2) is 38.9 Å². The van der Waals surface area contributed by atoms with Crippen molar-refractivity contribution in [2.24, 2.45) is 0 Å². The predicted octanol–water partition coefficient (Wildman–Crippen LogP) is 0.449. The first kappa shape index (κ1) is 13.1. The predicted molar refractivity (Wildman–Crippen MR) is 68.4 cm³/mol. The summed E-state index contributed by atoms with van der Waals surface area (Å²) in [6, 6.07) is 6.49. The molecular formula is C11H9N3O4S. The molecular weight excluding hydrogens is 270 g/mol. The highest BCUT2D eigenvalue weighted by Gasteiger charge is 2.10. The molecule has 0 aliphatic rings. The minimum absolute atomic E-state index is 0.0831. The summed E-state index contributed by atoms with van der Waals surface area (Å²) in [5.74, 6) is -0.760. The molecule has 2 rings (SSSR count). The fraction of sp³-hybridized carbons (Fsp3) is 0.0909. The molecule has 19 heavy (non-hydrogen) atoms. The van der Waals surface area contributed by atoms with E-state index in [0.29, 0.717) is 5.56 Å². The molecule has 0 unspecified atom stereocenters. The molecule has 0 bridgehead atoms. The van der Waals surface area contributed by atoms with Crippen molar-refractivity contribution in [1.82, 2.24) is 15.2 Å². The topological polar surface area (TPSA) is 116 Å². The molecule has 0 amide bonds.